The number of hydrogen-bond donors (Lipinski definition) is 1. The molecule has 0 bridgehead atoms. The number of likely N-dealkylation sites (tertiary alicyclic amines) is 1. The first-order chi connectivity index (χ1) is 7.74. The zero-order valence-corrected chi connectivity index (χ0v) is 11.0. The van der Waals surface area contributed by atoms with Gasteiger partial charge in [0, 0.05) is 25.7 Å². The highest BCUT2D eigenvalue weighted by molar-refractivity contribution is 5.00. The van der Waals surface area contributed by atoms with Crippen molar-refractivity contribution in [1.29, 1.82) is 0 Å². The summed E-state index contributed by atoms with van der Waals surface area (Å²) in [6.45, 7) is 8.17. The SMILES string of the molecule is CCCC1(CCC)CN(C(CN)C2CC2)C1. The van der Waals surface area contributed by atoms with Gasteiger partial charge in [0.15, 0.2) is 0 Å². The van der Waals surface area contributed by atoms with Gasteiger partial charge in [-0.05, 0) is 37.0 Å². The third-order valence-corrected chi connectivity index (χ3v) is 4.51. The molecule has 1 atom stereocenters. The normalized spacial score (nSPS) is 26.4. The van der Waals surface area contributed by atoms with Crippen LogP contribution in [0.5, 0.6) is 0 Å². The molecule has 2 heteroatoms. The van der Waals surface area contributed by atoms with Crippen LogP contribution in [0.15, 0.2) is 0 Å². The van der Waals surface area contributed by atoms with Crippen molar-refractivity contribution in [3.8, 4) is 0 Å². The minimum absolute atomic E-state index is 0.659. The molecule has 0 aromatic rings. The highest BCUT2D eigenvalue weighted by Gasteiger charge is 2.46. The van der Waals surface area contributed by atoms with Gasteiger partial charge < -0.3 is 5.73 Å². The van der Waals surface area contributed by atoms with Crippen molar-refractivity contribution >= 4 is 0 Å². The van der Waals surface area contributed by atoms with E-state index >= 15 is 0 Å². The van der Waals surface area contributed by atoms with Crippen LogP contribution in [0.25, 0.3) is 0 Å². The third kappa shape index (κ3) is 2.43. The average molecular weight is 224 g/mol. The smallest absolute Gasteiger partial charge is 0.0247 e. The molecule has 0 aromatic carbocycles. The van der Waals surface area contributed by atoms with E-state index in [1.54, 1.807) is 0 Å². The Morgan fingerprint density at radius 1 is 1.19 bits per heavy atom. The van der Waals surface area contributed by atoms with E-state index in [1.807, 2.05) is 0 Å². The first-order valence-corrected chi connectivity index (χ1v) is 7.19. The van der Waals surface area contributed by atoms with E-state index in [0.717, 1.165) is 12.5 Å². The second-order valence-electron chi connectivity index (χ2n) is 6.05. The van der Waals surface area contributed by atoms with Gasteiger partial charge in [-0.25, -0.2) is 0 Å². The van der Waals surface area contributed by atoms with Gasteiger partial charge >= 0.3 is 0 Å². The van der Waals surface area contributed by atoms with E-state index < -0.39 is 0 Å². The molecule has 0 radical (unpaired) electrons. The molecule has 1 saturated heterocycles. The minimum Gasteiger partial charge on any atom is -0.329 e. The molecular formula is C14H28N2. The van der Waals surface area contributed by atoms with Crippen molar-refractivity contribution in [3.63, 3.8) is 0 Å². The molecule has 94 valence electrons. The van der Waals surface area contributed by atoms with Crippen molar-refractivity contribution in [2.45, 2.75) is 58.4 Å². The van der Waals surface area contributed by atoms with Gasteiger partial charge in [0.05, 0.1) is 0 Å². The number of nitrogens with two attached hydrogens (primary N) is 1. The van der Waals surface area contributed by atoms with Gasteiger partial charge in [0.1, 0.15) is 0 Å². The molecule has 1 aliphatic carbocycles. The van der Waals surface area contributed by atoms with E-state index in [2.05, 4.69) is 18.7 Å². The molecule has 1 aliphatic heterocycles. The first-order valence-electron chi connectivity index (χ1n) is 7.19. The van der Waals surface area contributed by atoms with Crippen molar-refractivity contribution < 1.29 is 0 Å². The summed E-state index contributed by atoms with van der Waals surface area (Å²) in [5.41, 5.74) is 6.58. The van der Waals surface area contributed by atoms with Crippen LogP contribution in [0.2, 0.25) is 0 Å². The minimum atomic E-state index is 0.659. The van der Waals surface area contributed by atoms with Crippen LogP contribution in [-0.2, 0) is 0 Å². The molecule has 2 N–H and O–H groups in total. The maximum Gasteiger partial charge on any atom is 0.0247 e. The van der Waals surface area contributed by atoms with Crippen LogP contribution in [0.1, 0.15) is 52.4 Å². The van der Waals surface area contributed by atoms with Gasteiger partial charge in [0.2, 0.25) is 0 Å². The summed E-state index contributed by atoms with van der Waals surface area (Å²) in [6, 6.07) is 0.710. The Bertz CT molecular complexity index is 209. The number of rotatable bonds is 7. The fourth-order valence-electron chi connectivity index (χ4n) is 3.67. The molecule has 2 fully saturated rings. The Morgan fingerprint density at radius 3 is 2.12 bits per heavy atom. The molecule has 0 spiro atoms. The van der Waals surface area contributed by atoms with Crippen LogP contribution in [0.4, 0.5) is 0 Å². The van der Waals surface area contributed by atoms with Crippen LogP contribution in [-0.4, -0.2) is 30.6 Å². The van der Waals surface area contributed by atoms with Gasteiger partial charge in [-0.2, -0.15) is 0 Å². The van der Waals surface area contributed by atoms with Crippen LogP contribution >= 0.6 is 0 Å². The Kier molecular flexibility index (Phi) is 3.91. The standard InChI is InChI=1S/C14H28N2/c1-3-7-14(8-4-2)10-16(11-14)13(9-15)12-5-6-12/h12-13H,3-11,15H2,1-2H3. The quantitative estimate of drug-likeness (QED) is 0.720. The number of nitrogens with zero attached hydrogens (tertiary/aromatic N) is 1. The largest absolute Gasteiger partial charge is 0.329 e. The van der Waals surface area contributed by atoms with Crippen LogP contribution in [0.3, 0.4) is 0 Å². The predicted molar refractivity (Wildman–Crippen MR) is 69.4 cm³/mol. The molecule has 1 heterocycles. The lowest BCUT2D eigenvalue weighted by Gasteiger charge is -2.54. The van der Waals surface area contributed by atoms with Gasteiger partial charge in [-0.3, -0.25) is 4.90 Å². The second-order valence-corrected chi connectivity index (χ2v) is 6.05. The molecule has 2 rings (SSSR count). The highest BCUT2D eigenvalue weighted by Crippen LogP contribution is 2.44. The lowest BCUT2D eigenvalue weighted by Crippen LogP contribution is -2.61. The molecule has 1 saturated carbocycles. The van der Waals surface area contributed by atoms with Gasteiger partial charge in [0.25, 0.3) is 0 Å². The molecule has 2 nitrogen and oxygen atoms in total. The summed E-state index contributed by atoms with van der Waals surface area (Å²) >= 11 is 0. The zero-order chi connectivity index (χ0) is 11.6. The molecule has 0 aromatic heterocycles. The predicted octanol–water partition coefficient (Wildman–Crippen LogP) is 2.63. The maximum atomic E-state index is 5.92. The van der Waals surface area contributed by atoms with Crippen molar-refractivity contribution in [2.75, 3.05) is 19.6 Å². The monoisotopic (exact) mass is 224 g/mol. The Labute approximate surface area is 101 Å². The summed E-state index contributed by atoms with van der Waals surface area (Å²) in [4.78, 5) is 2.67. The van der Waals surface area contributed by atoms with Crippen molar-refractivity contribution in [2.24, 2.45) is 17.1 Å². The lowest BCUT2D eigenvalue weighted by molar-refractivity contribution is -0.0471. The molecule has 1 unspecified atom stereocenters. The first kappa shape index (κ1) is 12.4. The maximum absolute atomic E-state index is 5.92. The van der Waals surface area contributed by atoms with Gasteiger partial charge in [-0.1, -0.05) is 26.7 Å². The number of hydrogen-bond acceptors (Lipinski definition) is 2. The summed E-state index contributed by atoms with van der Waals surface area (Å²) in [5.74, 6) is 0.936. The Morgan fingerprint density at radius 2 is 1.75 bits per heavy atom. The molecule has 16 heavy (non-hydrogen) atoms. The van der Waals surface area contributed by atoms with E-state index in [9.17, 15) is 0 Å². The van der Waals surface area contributed by atoms with Crippen molar-refractivity contribution in [1.82, 2.24) is 4.90 Å². The third-order valence-electron chi connectivity index (χ3n) is 4.51. The molecular weight excluding hydrogens is 196 g/mol. The summed E-state index contributed by atoms with van der Waals surface area (Å²) < 4.78 is 0. The van der Waals surface area contributed by atoms with Crippen LogP contribution < -0.4 is 5.73 Å². The van der Waals surface area contributed by atoms with Crippen molar-refractivity contribution in [3.05, 3.63) is 0 Å². The van der Waals surface area contributed by atoms with E-state index in [0.29, 0.717) is 11.5 Å². The summed E-state index contributed by atoms with van der Waals surface area (Å²) in [7, 11) is 0. The van der Waals surface area contributed by atoms with Gasteiger partial charge in [-0.15, -0.1) is 0 Å². The Balaban J connectivity index is 1.84. The zero-order valence-electron chi connectivity index (χ0n) is 11.0. The topological polar surface area (TPSA) is 29.3 Å². The van der Waals surface area contributed by atoms with Crippen LogP contribution in [0, 0.1) is 11.3 Å². The Hall–Kier alpha value is -0.0800. The summed E-state index contributed by atoms with van der Waals surface area (Å²) in [6.07, 6.45) is 8.35. The summed E-state index contributed by atoms with van der Waals surface area (Å²) in [5, 5.41) is 0. The second kappa shape index (κ2) is 5.05. The fourth-order valence-corrected chi connectivity index (χ4v) is 3.67. The average Bonchev–Trinajstić information content (AvgIpc) is 3.01. The van der Waals surface area contributed by atoms with E-state index in [4.69, 9.17) is 5.73 Å². The fraction of sp³-hybridized carbons (Fsp3) is 1.00. The van der Waals surface area contributed by atoms with E-state index in [1.165, 1.54) is 51.6 Å². The molecule has 0 amide bonds. The highest BCUT2D eigenvalue weighted by atomic mass is 15.2. The molecule has 2 aliphatic rings. The lowest BCUT2D eigenvalue weighted by atomic mass is 9.72. The van der Waals surface area contributed by atoms with E-state index in [-0.39, 0.29) is 0 Å².